The van der Waals surface area contributed by atoms with Gasteiger partial charge < -0.3 is 19.2 Å². The minimum Gasteiger partial charge on any atom is -0.497 e. The van der Waals surface area contributed by atoms with Gasteiger partial charge in [-0.05, 0) is 42.7 Å². The van der Waals surface area contributed by atoms with Crippen LogP contribution < -0.4 is 20.5 Å². The number of rotatable bonds is 5. The standard InChI is InChI=1S/C21H22N2O5/c1-13-3-6-18-17(7-13)23(21(25)28-18)11-20(24)22-10-14-8-15-4-5-16(26-2)9-19(15)27-12-14/h3-7,9,14H,8,10-12H2,1-2H3,(H,22,24)/t14-/m1/s1. The molecule has 0 unspecified atom stereocenters. The number of aromatic nitrogens is 1. The maximum atomic E-state index is 12.4. The lowest BCUT2D eigenvalue weighted by Crippen LogP contribution is -2.37. The van der Waals surface area contributed by atoms with Crippen molar-refractivity contribution in [1.82, 2.24) is 9.88 Å². The summed E-state index contributed by atoms with van der Waals surface area (Å²) in [6, 6.07) is 11.2. The van der Waals surface area contributed by atoms with Gasteiger partial charge in [0.1, 0.15) is 18.0 Å². The van der Waals surface area contributed by atoms with Crippen LogP contribution in [0.1, 0.15) is 11.1 Å². The zero-order valence-corrected chi connectivity index (χ0v) is 15.9. The second-order valence-electron chi connectivity index (χ2n) is 7.08. The van der Waals surface area contributed by atoms with Crippen LogP contribution in [0, 0.1) is 12.8 Å². The van der Waals surface area contributed by atoms with Gasteiger partial charge in [-0.1, -0.05) is 12.1 Å². The van der Waals surface area contributed by atoms with E-state index in [9.17, 15) is 9.59 Å². The molecule has 0 radical (unpaired) electrons. The summed E-state index contributed by atoms with van der Waals surface area (Å²) in [5.74, 6) is 1.00. The molecule has 1 N–H and O–H groups in total. The Bertz CT molecular complexity index is 1080. The van der Waals surface area contributed by atoms with Crippen LogP contribution in [0.5, 0.6) is 11.5 Å². The lowest BCUT2D eigenvalue weighted by Gasteiger charge is -2.25. The Morgan fingerprint density at radius 3 is 2.96 bits per heavy atom. The van der Waals surface area contributed by atoms with Crippen molar-refractivity contribution >= 4 is 17.0 Å². The van der Waals surface area contributed by atoms with Crippen molar-refractivity contribution in [2.75, 3.05) is 20.3 Å². The van der Waals surface area contributed by atoms with Crippen molar-refractivity contribution in [2.45, 2.75) is 19.9 Å². The van der Waals surface area contributed by atoms with Crippen molar-refractivity contribution in [3.63, 3.8) is 0 Å². The Labute approximate surface area is 161 Å². The van der Waals surface area contributed by atoms with Crippen LogP contribution >= 0.6 is 0 Å². The lowest BCUT2D eigenvalue weighted by molar-refractivity contribution is -0.121. The van der Waals surface area contributed by atoms with E-state index in [4.69, 9.17) is 13.9 Å². The first-order valence-corrected chi connectivity index (χ1v) is 9.20. The molecule has 0 fully saturated rings. The summed E-state index contributed by atoms with van der Waals surface area (Å²) in [6.07, 6.45) is 0.813. The molecular formula is C21H22N2O5. The fourth-order valence-electron chi connectivity index (χ4n) is 3.45. The van der Waals surface area contributed by atoms with Crippen LogP contribution in [-0.2, 0) is 17.8 Å². The predicted molar refractivity (Wildman–Crippen MR) is 104 cm³/mol. The third kappa shape index (κ3) is 3.60. The van der Waals surface area contributed by atoms with E-state index in [-0.39, 0.29) is 18.4 Å². The highest BCUT2D eigenvalue weighted by Crippen LogP contribution is 2.30. The molecule has 7 nitrogen and oxygen atoms in total. The number of aryl methyl sites for hydroxylation is 1. The average molecular weight is 382 g/mol. The van der Waals surface area contributed by atoms with Crippen LogP contribution in [0.4, 0.5) is 0 Å². The Morgan fingerprint density at radius 1 is 1.29 bits per heavy atom. The number of oxazole rings is 1. The molecule has 1 amide bonds. The molecule has 4 rings (SSSR count). The van der Waals surface area contributed by atoms with Crippen LogP contribution in [0.2, 0.25) is 0 Å². The monoisotopic (exact) mass is 382 g/mol. The fourth-order valence-corrected chi connectivity index (χ4v) is 3.45. The van der Waals surface area contributed by atoms with Crippen molar-refractivity contribution in [3.05, 3.63) is 58.1 Å². The third-order valence-electron chi connectivity index (χ3n) is 4.97. The zero-order chi connectivity index (χ0) is 19.7. The first-order valence-electron chi connectivity index (χ1n) is 9.20. The molecule has 0 aliphatic carbocycles. The van der Waals surface area contributed by atoms with Crippen molar-refractivity contribution in [3.8, 4) is 11.5 Å². The van der Waals surface area contributed by atoms with Crippen LogP contribution in [0.25, 0.3) is 11.1 Å². The zero-order valence-electron chi connectivity index (χ0n) is 15.9. The third-order valence-corrected chi connectivity index (χ3v) is 4.97. The number of benzene rings is 2. The summed E-state index contributed by atoms with van der Waals surface area (Å²) in [5.41, 5.74) is 3.20. The van der Waals surface area contributed by atoms with Gasteiger partial charge >= 0.3 is 5.76 Å². The molecule has 0 spiro atoms. The van der Waals surface area contributed by atoms with Gasteiger partial charge in [0.05, 0.1) is 19.2 Å². The second-order valence-corrected chi connectivity index (χ2v) is 7.08. The number of ether oxygens (including phenoxy) is 2. The van der Waals surface area contributed by atoms with Crippen LogP contribution in [0.15, 0.2) is 45.6 Å². The minimum absolute atomic E-state index is 0.0728. The molecule has 2 heterocycles. The second kappa shape index (κ2) is 7.42. The molecular weight excluding hydrogens is 360 g/mol. The number of hydrogen-bond donors (Lipinski definition) is 1. The number of carbonyl (C=O) groups is 1. The summed E-state index contributed by atoms with van der Waals surface area (Å²) in [5, 5.41) is 2.91. The first-order chi connectivity index (χ1) is 13.5. The van der Waals surface area contributed by atoms with Crippen molar-refractivity contribution in [1.29, 1.82) is 0 Å². The number of fused-ring (bicyclic) bond motifs is 2. The van der Waals surface area contributed by atoms with E-state index in [1.807, 2.05) is 37.3 Å². The van der Waals surface area contributed by atoms with Gasteiger partial charge in [0.25, 0.3) is 0 Å². The minimum atomic E-state index is -0.528. The normalized spacial score (nSPS) is 15.7. The number of nitrogens with zero attached hydrogens (tertiary/aromatic N) is 1. The van der Waals surface area contributed by atoms with E-state index in [0.29, 0.717) is 24.3 Å². The van der Waals surface area contributed by atoms with Gasteiger partial charge in [0, 0.05) is 18.5 Å². The molecule has 1 aliphatic heterocycles. The molecule has 146 valence electrons. The Hall–Kier alpha value is -3.22. The smallest absolute Gasteiger partial charge is 0.420 e. The molecule has 1 aliphatic rings. The summed E-state index contributed by atoms with van der Waals surface area (Å²) in [4.78, 5) is 24.5. The van der Waals surface area contributed by atoms with E-state index >= 15 is 0 Å². The summed E-state index contributed by atoms with van der Waals surface area (Å²) >= 11 is 0. The van der Waals surface area contributed by atoms with Gasteiger partial charge in [-0.25, -0.2) is 4.79 Å². The predicted octanol–water partition coefficient (Wildman–Crippen LogP) is 2.28. The van der Waals surface area contributed by atoms with E-state index in [0.717, 1.165) is 29.0 Å². The van der Waals surface area contributed by atoms with Crippen LogP contribution in [0.3, 0.4) is 0 Å². The van der Waals surface area contributed by atoms with Crippen molar-refractivity contribution < 1.29 is 18.7 Å². The topological polar surface area (TPSA) is 82.7 Å². The highest BCUT2D eigenvalue weighted by molar-refractivity contribution is 5.79. The Balaban J connectivity index is 1.38. The number of methoxy groups -OCH3 is 1. The summed E-state index contributed by atoms with van der Waals surface area (Å²) in [6.45, 7) is 2.86. The highest BCUT2D eigenvalue weighted by atomic mass is 16.5. The fraction of sp³-hybridized carbons (Fsp3) is 0.333. The van der Waals surface area contributed by atoms with Gasteiger partial charge in [-0.3, -0.25) is 9.36 Å². The highest BCUT2D eigenvalue weighted by Gasteiger charge is 2.21. The molecule has 1 atom stereocenters. The van der Waals surface area contributed by atoms with Gasteiger partial charge in [-0.15, -0.1) is 0 Å². The Morgan fingerprint density at radius 2 is 2.14 bits per heavy atom. The van der Waals surface area contributed by atoms with Gasteiger partial charge in [0.15, 0.2) is 5.58 Å². The number of hydrogen-bond acceptors (Lipinski definition) is 5. The first kappa shape index (κ1) is 18.2. The maximum Gasteiger partial charge on any atom is 0.420 e. The SMILES string of the molecule is COc1ccc2c(c1)OC[C@@H](CNC(=O)Cn1c(=O)oc3ccc(C)cc31)C2. The largest absolute Gasteiger partial charge is 0.497 e. The molecule has 0 bridgehead atoms. The molecule has 1 aromatic heterocycles. The van der Waals surface area contributed by atoms with E-state index in [1.165, 1.54) is 4.57 Å². The van der Waals surface area contributed by atoms with E-state index < -0.39 is 5.76 Å². The molecule has 2 aromatic carbocycles. The number of nitrogens with one attached hydrogen (secondary N) is 1. The molecule has 3 aromatic rings. The van der Waals surface area contributed by atoms with E-state index in [1.54, 1.807) is 13.2 Å². The van der Waals surface area contributed by atoms with Crippen LogP contribution in [-0.4, -0.2) is 30.7 Å². The molecule has 0 saturated carbocycles. The van der Waals surface area contributed by atoms with Crippen molar-refractivity contribution in [2.24, 2.45) is 5.92 Å². The maximum absolute atomic E-state index is 12.4. The molecule has 28 heavy (non-hydrogen) atoms. The number of carbonyl (C=O) groups excluding carboxylic acids is 1. The average Bonchev–Trinajstić information content (AvgIpc) is 3.00. The Kier molecular flexibility index (Phi) is 4.81. The summed E-state index contributed by atoms with van der Waals surface area (Å²) in [7, 11) is 1.62. The lowest BCUT2D eigenvalue weighted by atomic mass is 9.96. The summed E-state index contributed by atoms with van der Waals surface area (Å²) < 4.78 is 17.6. The van der Waals surface area contributed by atoms with Gasteiger partial charge in [0.2, 0.25) is 5.91 Å². The van der Waals surface area contributed by atoms with Gasteiger partial charge in [-0.2, -0.15) is 0 Å². The molecule has 7 heteroatoms. The van der Waals surface area contributed by atoms with E-state index in [2.05, 4.69) is 5.32 Å². The quantitative estimate of drug-likeness (QED) is 0.732. The number of amides is 1. The molecule has 0 saturated heterocycles.